The summed E-state index contributed by atoms with van der Waals surface area (Å²) >= 11 is 14.4. The van der Waals surface area contributed by atoms with Gasteiger partial charge >= 0.3 is 0 Å². The summed E-state index contributed by atoms with van der Waals surface area (Å²) < 4.78 is 0. The lowest BCUT2D eigenvalue weighted by molar-refractivity contribution is 0.0942. The second-order valence-electron chi connectivity index (χ2n) is 10.1. The molecule has 0 bridgehead atoms. The first-order chi connectivity index (χ1) is 16.0. The predicted octanol–water partition coefficient (Wildman–Crippen LogP) is 6.92. The van der Waals surface area contributed by atoms with Crippen LogP contribution in [-0.4, -0.2) is 53.7 Å². The van der Waals surface area contributed by atoms with Gasteiger partial charge in [0.2, 0.25) is 0 Å². The predicted molar refractivity (Wildman–Crippen MR) is 142 cm³/mol. The van der Waals surface area contributed by atoms with E-state index in [4.69, 9.17) is 23.2 Å². The Hall–Kier alpha value is -0.620. The van der Waals surface area contributed by atoms with Crippen LogP contribution in [0.5, 0.6) is 0 Å². The molecule has 2 saturated heterocycles. The lowest BCUT2D eigenvalue weighted by Gasteiger charge is -2.35. The first kappa shape index (κ1) is 25.5. The molecule has 0 amide bonds. The number of hydrogen-bond acceptors (Lipinski definition) is 4. The van der Waals surface area contributed by atoms with Crippen LogP contribution in [0.1, 0.15) is 62.5 Å². The highest BCUT2D eigenvalue weighted by Crippen LogP contribution is 2.37. The Balaban J connectivity index is 1.33. The first-order valence-electron chi connectivity index (χ1n) is 12.6. The average molecular weight is 510 g/mol. The van der Waals surface area contributed by atoms with Crippen molar-refractivity contribution in [2.45, 2.75) is 64.0 Å². The van der Waals surface area contributed by atoms with E-state index in [1.807, 2.05) is 12.1 Å². The minimum atomic E-state index is -0.104. The van der Waals surface area contributed by atoms with Crippen LogP contribution in [0.4, 0.5) is 0 Å². The molecular weight excluding hydrogens is 471 g/mol. The van der Waals surface area contributed by atoms with Crippen molar-refractivity contribution in [3.8, 4) is 0 Å². The molecular formula is C27H38Cl2N2OS. The third kappa shape index (κ3) is 7.19. The van der Waals surface area contributed by atoms with Gasteiger partial charge in [-0.15, -0.1) is 0 Å². The highest BCUT2D eigenvalue weighted by molar-refractivity contribution is 7.08. The summed E-state index contributed by atoms with van der Waals surface area (Å²) in [6, 6.07) is 8.17. The largest absolute Gasteiger partial charge is 0.393 e. The third-order valence-corrected chi connectivity index (χ3v) is 8.88. The van der Waals surface area contributed by atoms with Gasteiger partial charge in [-0.2, -0.15) is 11.3 Å². The molecule has 1 aromatic carbocycles. The quantitative estimate of drug-likeness (QED) is 0.377. The van der Waals surface area contributed by atoms with Gasteiger partial charge in [-0.3, -0.25) is 4.90 Å². The van der Waals surface area contributed by atoms with Crippen LogP contribution in [0, 0.1) is 11.8 Å². The van der Waals surface area contributed by atoms with Crippen LogP contribution in [0.15, 0.2) is 35.0 Å². The van der Waals surface area contributed by atoms with Gasteiger partial charge < -0.3 is 10.0 Å². The van der Waals surface area contributed by atoms with E-state index in [0.717, 1.165) is 56.0 Å². The molecule has 1 N–H and O–H groups in total. The smallest absolute Gasteiger partial charge is 0.0543 e. The van der Waals surface area contributed by atoms with Crippen LogP contribution < -0.4 is 0 Å². The van der Waals surface area contributed by atoms with Crippen molar-refractivity contribution >= 4 is 34.5 Å². The van der Waals surface area contributed by atoms with Crippen LogP contribution in [-0.2, 0) is 6.54 Å². The summed E-state index contributed by atoms with van der Waals surface area (Å²) in [5.41, 5.74) is 2.65. The fraction of sp³-hybridized carbons (Fsp3) is 0.630. The Labute approximate surface area is 213 Å². The van der Waals surface area contributed by atoms with Crippen LogP contribution >= 0.6 is 34.5 Å². The highest BCUT2D eigenvalue weighted by atomic mass is 35.5. The molecule has 3 atom stereocenters. The SMILES string of the molecule is CCCCC(O)CC1CCN(CC2CN(Cc3ccc(Cl)cc3Cl)CC2c2ccsc2)CC1. The van der Waals surface area contributed by atoms with Crippen LogP contribution in [0.3, 0.4) is 0 Å². The van der Waals surface area contributed by atoms with E-state index < -0.39 is 0 Å². The molecule has 0 aliphatic carbocycles. The summed E-state index contributed by atoms with van der Waals surface area (Å²) in [6.45, 7) is 8.77. The molecule has 0 spiro atoms. The Kier molecular flexibility index (Phi) is 9.55. The van der Waals surface area contributed by atoms with Crippen molar-refractivity contribution in [2.24, 2.45) is 11.8 Å². The van der Waals surface area contributed by atoms with Crippen molar-refractivity contribution in [3.05, 3.63) is 56.2 Å². The van der Waals surface area contributed by atoms with E-state index in [9.17, 15) is 5.11 Å². The molecule has 6 heteroatoms. The number of hydrogen-bond donors (Lipinski definition) is 1. The van der Waals surface area contributed by atoms with E-state index in [0.29, 0.717) is 22.8 Å². The molecule has 2 aliphatic rings. The topological polar surface area (TPSA) is 26.7 Å². The first-order valence-corrected chi connectivity index (χ1v) is 14.3. The molecule has 2 aromatic rings. The van der Waals surface area contributed by atoms with Gasteiger partial charge in [0.25, 0.3) is 0 Å². The standard InChI is InChI=1S/C27H38Cl2N2OS/c1-2-3-4-25(32)13-20-7-10-30(11-8-20)16-23-17-31(18-26(23)22-9-12-33-19-22)15-21-5-6-24(28)14-27(21)29/h5-6,9,12,14,19-20,23,25-26,32H,2-4,7-8,10-11,13,15-18H2,1H3. The summed E-state index contributed by atoms with van der Waals surface area (Å²) in [7, 11) is 0. The molecule has 2 fully saturated rings. The number of piperidine rings is 1. The highest BCUT2D eigenvalue weighted by Gasteiger charge is 2.36. The minimum Gasteiger partial charge on any atom is -0.393 e. The molecule has 0 saturated carbocycles. The van der Waals surface area contributed by atoms with Gasteiger partial charge in [0, 0.05) is 42.1 Å². The number of halogens is 2. The average Bonchev–Trinajstić information content (AvgIpc) is 3.46. The van der Waals surface area contributed by atoms with Crippen molar-refractivity contribution in [2.75, 3.05) is 32.7 Å². The summed E-state index contributed by atoms with van der Waals surface area (Å²) in [5.74, 6) is 1.90. The second-order valence-corrected chi connectivity index (χ2v) is 11.8. The number of unbranched alkanes of at least 4 members (excludes halogenated alkanes) is 1. The molecule has 4 rings (SSSR count). The normalized spacial score (nSPS) is 23.9. The van der Waals surface area contributed by atoms with Gasteiger partial charge in [-0.25, -0.2) is 0 Å². The zero-order valence-electron chi connectivity index (χ0n) is 19.8. The van der Waals surface area contributed by atoms with Crippen molar-refractivity contribution in [1.82, 2.24) is 9.80 Å². The number of aliphatic hydroxyl groups excluding tert-OH is 1. The van der Waals surface area contributed by atoms with Gasteiger partial charge in [0.1, 0.15) is 0 Å². The van der Waals surface area contributed by atoms with Gasteiger partial charge in [-0.05, 0) is 90.7 Å². The van der Waals surface area contributed by atoms with Crippen molar-refractivity contribution < 1.29 is 5.11 Å². The van der Waals surface area contributed by atoms with Crippen LogP contribution in [0.2, 0.25) is 10.0 Å². The zero-order chi connectivity index (χ0) is 23.2. The molecule has 1 aromatic heterocycles. The van der Waals surface area contributed by atoms with E-state index in [-0.39, 0.29) is 6.10 Å². The minimum absolute atomic E-state index is 0.104. The number of likely N-dealkylation sites (tertiary alicyclic amines) is 2. The van der Waals surface area contributed by atoms with Gasteiger partial charge in [0.05, 0.1) is 6.10 Å². The Morgan fingerprint density at radius 2 is 1.94 bits per heavy atom. The van der Waals surface area contributed by atoms with Gasteiger partial charge in [0.15, 0.2) is 0 Å². The lowest BCUT2D eigenvalue weighted by Crippen LogP contribution is -2.39. The second kappa shape index (κ2) is 12.4. The zero-order valence-corrected chi connectivity index (χ0v) is 22.1. The molecule has 3 nitrogen and oxygen atoms in total. The summed E-state index contributed by atoms with van der Waals surface area (Å²) in [6.07, 6.45) is 6.62. The van der Waals surface area contributed by atoms with E-state index >= 15 is 0 Å². The third-order valence-electron chi connectivity index (χ3n) is 7.59. The van der Waals surface area contributed by atoms with Crippen molar-refractivity contribution in [1.29, 1.82) is 0 Å². The maximum Gasteiger partial charge on any atom is 0.0543 e. The molecule has 182 valence electrons. The maximum atomic E-state index is 10.3. The molecule has 3 heterocycles. The Morgan fingerprint density at radius 3 is 2.64 bits per heavy atom. The number of rotatable bonds is 10. The molecule has 33 heavy (non-hydrogen) atoms. The maximum absolute atomic E-state index is 10.3. The number of benzene rings is 1. The van der Waals surface area contributed by atoms with Crippen LogP contribution in [0.25, 0.3) is 0 Å². The van der Waals surface area contributed by atoms with Crippen molar-refractivity contribution in [3.63, 3.8) is 0 Å². The van der Waals surface area contributed by atoms with Gasteiger partial charge in [-0.1, -0.05) is 49.0 Å². The summed E-state index contributed by atoms with van der Waals surface area (Å²) in [5, 5.41) is 16.3. The molecule has 3 unspecified atom stereocenters. The van der Waals surface area contributed by atoms with E-state index in [2.05, 4.69) is 39.6 Å². The molecule has 2 aliphatic heterocycles. The number of aliphatic hydroxyl groups is 1. The fourth-order valence-electron chi connectivity index (χ4n) is 5.71. The molecule has 0 radical (unpaired) electrons. The number of nitrogens with zero attached hydrogens (tertiary/aromatic N) is 2. The number of thiophene rings is 1. The fourth-order valence-corrected chi connectivity index (χ4v) is 6.90. The van der Waals surface area contributed by atoms with E-state index in [1.165, 1.54) is 37.9 Å². The Bertz CT molecular complexity index is 854. The summed E-state index contributed by atoms with van der Waals surface area (Å²) in [4.78, 5) is 5.25. The van der Waals surface area contributed by atoms with E-state index in [1.54, 1.807) is 11.3 Å². The Morgan fingerprint density at radius 1 is 1.12 bits per heavy atom. The lowest BCUT2D eigenvalue weighted by atomic mass is 9.87. The monoisotopic (exact) mass is 508 g/mol.